The van der Waals surface area contributed by atoms with E-state index in [1.165, 1.54) is 0 Å². The molecule has 0 atom stereocenters. The number of aryl methyl sites for hydroxylation is 1. The molecule has 0 aliphatic heterocycles. The largest absolute Gasteiger partial charge is 0.323 e. The first-order chi connectivity index (χ1) is 14.9. The van der Waals surface area contributed by atoms with Crippen molar-refractivity contribution in [1.82, 2.24) is 14.6 Å². The summed E-state index contributed by atoms with van der Waals surface area (Å²) in [7, 11) is 0. The molecule has 4 rings (SSSR count). The summed E-state index contributed by atoms with van der Waals surface area (Å²) in [6.07, 6.45) is 5.43. The molecule has 31 heavy (non-hydrogen) atoms. The number of hydrogen-bond donors (Lipinski definition) is 1. The first kappa shape index (κ1) is 21.0. The van der Waals surface area contributed by atoms with E-state index in [0.717, 1.165) is 28.3 Å². The lowest BCUT2D eigenvalue weighted by Crippen LogP contribution is -2.19. The number of carbonyl (C=O) groups excluding carboxylic acids is 1. The second kappa shape index (κ2) is 8.84. The summed E-state index contributed by atoms with van der Waals surface area (Å²) in [5.41, 5.74) is 7.67. The van der Waals surface area contributed by atoms with Gasteiger partial charge in [0.25, 0.3) is 5.91 Å². The molecule has 0 spiro atoms. The Morgan fingerprint density at radius 3 is 2.35 bits per heavy atom. The fourth-order valence-corrected chi connectivity index (χ4v) is 4.11. The van der Waals surface area contributed by atoms with E-state index in [2.05, 4.69) is 10.5 Å². The minimum absolute atomic E-state index is 0.281. The van der Waals surface area contributed by atoms with Gasteiger partial charge in [-0.25, -0.2) is 5.43 Å². The molecule has 2 aromatic heterocycles. The van der Waals surface area contributed by atoms with Gasteiger partial charge in [0.1, 0.15) is 0 Å². The molecule has 2 aromatic carbocycles. The fourth-order valence-electron chi connectivity index (χ4n) is 3.59. The van der Waals surface area contributed by atoms with E-state index in [1.807, 2.05) is 83.9 Å². The van der Waals surface area contributed by atoms with E-state index >= 15 is 0 Å². The quantitative estimate of drug-likeness (QED) is 0.296. The van der Waals surface area contributed by atoms with Gasteiger partial charge in [0.15, 0.2) is 0 Å². The highest BCUT2D eigenvalue weighted by atomic mass is 35.5. The molecule has 0 aliphatic rings. The second-order valence-corrected chi connectivity index (χ2v) is 7.97. The number of benzene rings is 2. The van der Waals surface area contributed by atoms with Crippen LogP contribution in [-0.4, -0.2) is 21.3 Å². The number of halogens is 2. The van der Waals surface area contributed by atoms with Crippen LogP contribution in [0.4, 0.5) is 0 Å². The maximum absolute atomic E-state index is 12.7. The number of aromatic nitrogens is 2. The van der Waals surface area contributed by atoms with Crippen LogP contribution < -0.4 is 5.43 Å². The third-order valence-corrected chi connectivity index (χ3v) is 5.41. The van der Waals surface area contributed by atoms with Crippen LogP contribution in [0, 0.1) is 13.8 Å². The molecular formula is C24H20Cl2N4O. The van der Waals surface area contributed by atoms with Gasteiger partial charge >= 0.3 is 0 Å². The molecule has 156 valence electrons. The van der Waals surface area contributed by atoms with Crippen molar-refractivity contribution in [3.63, 3.8) is 0 Å². The van der Waals surface area contributed by atoms with Gasteiger partial charge in [-0.2, -0.15) is 5.10 Å². The summed E-state index contributed by atoms with van der Waals surface area (Å²) in [5, 5.41) is 5.32. The van der Waals surface area contributed by atoms with Crippen LogP contribution in [0.5, 0.6) is 0 Å². The van der Waals surface area contributed by atoms with Crippen LogP contribution in [-0.2, 0) is 0 Å². The van der Waals surface area contributed by atoms with Gasteiger partial charge in [-0.15, -0.1) is 0 Å². The normalized spacial score (nSPS) is 11.2. The van der Waals surface area contributed by atoms with Crippen LogP contribution in [0.1, 0.15) is 27.3 Å². The van der Waals surface area contributed by atoms with Crippen molar-refractivity contribution in [3.05, 3.63) is 106 Å². The van der Waals surface area contributed by atoms with Crippen LogP contribution in [0.2, 0.25) is 10.0 Å². The Morgan fingerprint density at radius 1 is 0.968 bits per heavy atom. The monoisotopic (exact) mass is 450 g/mol. The molecule has 5 nitrogen and oxygen atoms in total. The minimum Gasteiger partial charge on any atom is -0.323 e. The van der Waals surface area contributed by atoms with Crippen molar-refractivity contribution < 1.29 is 4.79 Å². The number of nitrogens with zero attached hydrogens (tertiary/aromatic N) is 3. The predicted octanol–water partition coefficient (Wildman–Crippen LogP) is 5.96. The maximum atomic E-state index is 12.7. The number of amides is 1. The molecule has 0 unspecified atom stereocenters. The van der Waals surface area contributed by atoms with Crippen molar-refractivity contribution in [2.24, 2.45) is 5.10 Å². The van der Waals surface area contributed by atoms with Crippen molar-refractivity contribution in [3.8, 4) is 11.4 Å². The predicted molar refractivity (Wildman–Crippen MR) is 126 cm³/mol. The Kier molecular flexibility index (Phi) is 5.98. The van der Waals surface area contributed by atoms with Gasteiger partial charge in [0.2, 0.25) is 0 Å². The molecular weight excluding hydrogens is 431 g/mol. The molecule has 4 aromatic rings. The summed E-state index contributed by atoms with van der Waals surface area (Å²) in [6, 6.07) is 18.6. The Labute approximate surface area is 190 Å². The van der Waals surface area contributed by atoms with Gasteiger partial charge in [-0.3, -0.25) is 4.79 Å². The van der Waals surface area contributed by atoms with Crippen LogP contribution in [0.3, 0.4) is 0 Å². The van der Waals surface area contributed by atoms with Crippen LogP contribution >= 0.6 is 23.2 Å². The van der Waals surface area contributed by atoms with E-state index in [4.69, 9.17) is 23.2 Å². The molecule has 0 saturated carbocycles. The lowest BCUT2D eigenvalue weighted by molar-refractivity contribution is 0.0955. The lowest BCUT2D eigenvalue weighted by Gasteiger charge is -2.10. The maximum Gasteiger partial charge on any atom is 0.273 e. The zero-order valence-electron chi connectivity index (χ0n) is 17.0. The zero-order valence-corrected chi connectivity index (χ0v) is 18.5. The van der Waals surface area contributed by atoms with E-state index in [9.17, 15) is 4.79 Å². The molecule has 0 saturated heterocycles. The molecule has 7 heteroatoms. The van der Waals surface area contributed by atoms with Crippen LogP contribution in [0.25, 0.3) is 11.4 Å². The Balaban J connectivity index is 1.56. The third-order valence-electron chi connectivity index (χ3n) is 4.98. The highest BCUT2D eigenvalue weighted by Crippen LogP contribution is 2.26. The SMILES string of the molecule is Cc1cc(/C=N\NC(=O)c2ccccc2-n2cccc2)c(C)n1-c1cc(Cl)cc(Cl)c1. The van der Waals surface area contributed by atoms with Gasteiger partial charge in [-0.1, -0.05) is 35.3 Å². The summed E-state index contributed by atoms with van der Waals surface area (Å²) in [5.74, 6) is -0.281. The molecule has 1 N–H and O–H groups in total. The zero-order chi connectivity index (χ0) is 22.0. The summed E-state index contributed by atoms with van der Waals surface area (Å²) < 4.78 is 3.94. The van der Waals surface area contributed by atoms with Gasteiger partial charge in [0, 0.05) is 45.1 Å². The molecule has 0 aliphatic carbocycles. The molecule has 0 radical (unpaired) electrons. The standard InChI is InChI=1S/C24H20Cl2N4O/c1-16-11-18(17(2)30(16)21-13-19(25)12-20(26)14-21)15-27-28-24(31)22-7-3-4-8-23(22)29-9-5-6-10-29/h3-15H,1-2H3,(H,28,31)/b27-15-. The molecule has 0 fully saturated rings. The van der Waals surface area contributed by atoms with E-state index in [0.29, 0.717) is 15.6 Å². The molecule has 2 heterocycles. The lowest BCUT2D eigenvalue weighted by atomic mass is 10.1. The number of rotatable bonds is 5. The fraction of sp³-hybridized carbons (Fsp3) is 0.0833. The Hall–Kier alpha value is -3.28. The second-order valence-electron chi connectivity index (χ2n) is 7.10. The van der Waals surface area contributed by atoms with E-state index in [-0.39, 0.29) is 5.91 Å². The van der Waals surface area contributed by atoms with Crippen molar-refractivity contribution in [2.45, 2.75) is 13.8 Å². The number of hydrogen-bond acceptors (Lipinski definition) is 2. The highest BCUT2D eigenvalue weighted by Gasteiger charge is 2.13. The first-order valence-electron chi connectivity index (χ1n) is 9.65. The Morgan fingerprint density at radius 2 is 1.65 bits per heavy atom. The van der Waals surface area contributed by atoms with Gasteiger partial charge < -0.3 is 9.13 Å². The Bertz CT molecular complexity index is 1250. The smallest absolute Gasteiger partial charge is 0.273 e. The van der Waals surface area contributed by atoms with E-state index in [1.54, 1.807) is 18.3 Å². The first-order valence-corrected chi connectivity index (χ1v) is 10.4. The van der Waals surface area contributed by atoms with Gasteiger partial charge in [0.05, 0.1) is 17.5 Å². The average molecular weight is 451 g/mol. The third kappa shape index (κ3) is 4.43. The number of hydrazone groups is 1. The topological polar surface area (TPSA) is 51.3 Å². The minimum atomic E-state index is -0.281. The highest BCUT2D eigenvalue weighted by molar-refractivity contribution is 6.34. The van der Waals surface area contributed by atoms with Gasteiger partial charge in [-0.05, 0) is 62.4 Å². The van der Waals surface area contributed by atoms with Crippen molar-refractivity contribution in [2.75, 3.05) is 0 Å². The number of para-hydroxylation sites is 1. The summed E-state index contributed by atoms with van der Waals surface area (Å²) in [4.78, 5) is 12.7. The van der Waals surface area contributed by atoms with Crippen LogP contribution in [0.15, 0.2) is 78.2 Å². The summed E-state index contributed by atoms with van der Waals surface area (Å²) in [6.45, 7) is 3.97. The molecule has 1 amide bonds. The summed E-state index contributed by atoms with van der Waals surface area (Å²) >= 11 is 12.3. The number of carbonyl (C=O) groups is 1. The van der Waals surface area contributed by atoms with Crippen molar-refractivity contribution >= 4 is 35.3 Å². The average Bonchev–Trinajstić information content (AvgIpc) is 3.35. The molecule has 0 bridgehead atoms. The van der Waals surface area contributed by atoms with E-state index < -0.39 is 0 Å². The number of nitrogens with one attached hydrogen (secondary N) is 1. The van der Waals surface area contributed by atoms with Crippen molar-refractivity contribution in [1.29, 1.82) is 0 Å².